The molecule has 0 radical (unpaired) electrons. The third-order valence-electron chi connectivity index (χ3n) is 2.82. The molecule has 2 heterocycles. The van der Waals surface area contributed by atoms with Gasteiger partial charge in [0.05, 0.1) is 5.56 Å². The number of pyridine rings is 1. The summed E-state index contributed by atoms with van der Waals surface area (Å²) in [5.74, 6) is 1.54. The van der Waals surface area contributed by atoms with E-state index in [4.69, 9.17) is 0 Å². The largest absolute Gasteiger partial charge is 0.370 e. The van der Waals surface area contributed by atoms with Crippen LogP contribution in [-0.2, 0) is 13.5 Å². The summed E-state index contributed by atoms with van der Waals surface area (Å²) >= 11 is 0. The summed E-state index contributed by atoms with van der Waals surface area (Å²) in [6.07, 6.45) is 3.86. The van der Waals surface area contributed by atoms with Crippen molar-refractivity contribution in [2.45, 2.75) is 13.3 Å². The number of anilines is 1. The van der Waals surface area contributed by atoms with Gasteiger partial charge >= 0.3 is 0 Å². The molecular formula is C13H18N6O. The van der Waals surface area contributed by atoms with Gasteiger partial charge in [0.15, 0.2) is 0 Å². The highest BCUT2D eigenvalue weighted by Crippen LogP contribution is 2.05. The van der Waals surface area contributed by atoms with E-state index in [0.717, 1.165) is 18.1 Å². The Morgan fingerprint density at radius 1 is 1.35 bits per heavy atom. The second-order valence-corrected chi connectivity index (χ2v) is 4.27. The molecule has 1 amide bonds. The molecule has 7 nitrogen and oxygen atoms in total. The van der Waals surface area contributed by atoms with Crippen LogP contribution in [-0.4, -0.2) is 38.7 Å². The second kappa shape index (κ2) is 6.65. The maximum atomic E-state index is 11.6. The van der Waals surface area contributed by atoms with E-state index in [1.807, 2.05) is 14.0 Å². The number of nitrogens with one attached hydrogen (secondary N) is 2. The molecule has 0 unspecified atom stereocenters. The molecule has 20 heavy (non-hydrogen) atoms. The molecule has 0 aliphatic rings. The highest BCUT2D eigenvalue weighted by molar-refractivity contribution is 5.93. The Morgan fingerprint density at radius 3 is 2.80 bits per heavy atom. The van der Waals surface area contributed by atoms with Crippen molar-refractivity contribution in [1.29, 1.82) is 0 Å². The molecule has 0 aliphatic carbocycles. The Balaban J connectivity index is 1.85. The van der Waals surface area contributed by atoms with Gasteiger partial charge in [0.2, 0.25) is 0 Å². The molecule has 0 aromatic carbocycles. The predicted molar refractivity (Wildman–Crippen MR) is 75.4 cm³/mol. The molecule has 0 atom stereocenters. The first-order valence-corrected chi connectivity index (χ1v) is 6.51. The number of nitrogens with zero attached hydrogens (tertiary/aromatic N) is 4. The van der Waals surface area contributed by atoms with Crippen LogP contribution in [0.4, 0.5) is 5.82 Å². The number of amides is 1. The lowest BCUT2D eigenvalue weighted by Gasteiger charge is -2.06. The van der Waals surface area contributed by atoms with Crippen LogP contribution in [0.3, 0.4) is 0 Å². The van der Waals surface area contributed by atoms with Crippen molar-refractivity contribution in [3.63, 3.8) is 0 Å². The summed E-state index contributed by atoms with van der Waals surface area (Å²) in [7, 11) is 1.86. The fraction of sp³-hybridized carbons (Fsp3) is 0.385. The summed E-state index contributed by atoms with van der Waals surface area (Å²) in [4.78, 5) is 19.9. The molecule has 0 bridgehead atoms. The van der Waals surface area contributed by atoms with E-state index in [1.54, 1.807) is 23.0 Å². The van der Waals surface area contributed by atoms with Crippen molar-refractivity contribution >= 4 is 11.7 Å². The number of aromatic nitrogens is 4. The van der Waals surface area contributed by atoms with E-state index < -0.39 is 0 Å². The van der Waals surface area contributed by atoms with Gasteiger partial charge in [-0.1, -0.05) is 0 Å². The topological polar surface area (TPSA) is 84.7 Å². The first-order chi connectivity index (χ1) is 9.70. The molecule has 106 valence electrons. The van der Waals surface area contributed by atoms with E-state index >= 15 is 0 Å². The summed E-state index contributed by atoms with van der Waals surface area (Å²) in [5, 5.41) is 9.92. The molecule has 0 saturated heterocycles. The Kier molecular flexibility index (Phi) is 4.65. The minimum Gasteiger partial charge on any atom is -0.370 e. The van der Waals surface area contributed by atoms with Crippen molar-refractivity contribution in [3.05, 3.63) is 36.0 Å². The fourth-order valence-electron chi connectivity index (χ4n) is 1.74. The van der Waals surface area contributed by atoms with Crippen LogP contribution >= 0.6 is 0 Å². The average molecular weight is 274 g/mol. The first-order valence-electron chi connectivity index (χ1n) is 6.51. The van der Waals surface area contributed by atoms with E-state index in [0.29, 0.717) is 18.7 Å². The van der Waals surface area contributed by atoms with Crippen LogP contribution in [0.15, 0.2) is 24.7 Å². The molecule has 2 aromatic rings. The van der Waals surface area contributed by atoms with Crippen LogP contribution in [0.2, 0.25) is 0 Å². The maximum absolute atomic E-state index is 11.6. The van der Waals surface area contributed by atoms with Crippen LogP contribution < -0.4 is 10.6 Å². The standard InChI is InChI=1S/C13H18N6O/c1-3-14-13(20)10-4-5-11(16-8-10)15-7-6-12-17-9-18-19(12)2/h4-5,8-9H,3,6-7H2,1-2H3,(H,14,20)(H,15,16). The van der Waals surface area contributed by atoms with Crippen molar-refractivity contribution in [2.75, 3.05) is 18.4 Å². The van der Waals surface area contributed by atoms with Crippen LogP contribution in [0.5, 0.6) is 0 Å². The highest BCUT2D eigenvalue weighted by atomic mass is 16.1. The van der Waals surface area contributed by atoms with E-state index in [-0.39, 0.29) is 5.91 Å². The summed E-state index contributed by atoms with van der Waals surface area (Å²) in [6.45, 7) is 3.20. The van der Waals surface area contributed by atoms with Crippen molar-refractivity contribution in [2.24, 2.45) is 7.05 Å². The van der Waals surface area contributed by atoms with Crippen LogP contribution in [0, 0.1) is 0 Å². The van der Waals surface area contributed by atoms with Gasteiger partial charge in [0, 0.05) is 32.8 Å². The van der Waals surface area contributed by atoms with E-state index in [9.17, 15) is 4.79 Å². The van der Waals surface area contributed by atoms with Gasteiger partial charge < -0.3 is 10.6 Å². The molecule has 0 spiro atoms. The zero-order valence-electron chi connectivity index (χ0n) is 11.6. The second-order valence-electron chi connectivity index (χ2n) is 4.27. The van der Waals surface area contributed by atoms with Gasteiger partial charge in [-0.15, -0.1) is 0 Å². The quantitative estimate of drug-likeness (QED) is 0.806. The minimum absolute atomic E-state index is 0.106. The number of carbonyl (C=O) groups is 1. The molecule has 0 fully saturated rings. The minimum atomic E-state index is -0.106. The van der Waals surface area contributed by atoms with Crippen LogP contribution in [0.25, 0.3) is 0 Å². The summed E-state index contributed by atoms with van der Waals surface area (Å²) in [5.41, 5.74) is 0.561. The van der Waals surface area contributed by atoms with Gasteiger partial charge in [-0.25, -0.2) is 9.97 Å². The van der Waals surface area contributed by atoms with Gasteiger partial charge in [0.1, 0.15) is 18.0 Å². The number of hydrogen-bond donors (Lipinski definition) is 2. The number of hydrogen-bond acceptors (Lipinski definition) is 5. The molecule has 0 saturated carbocycles. The molecule has 7 heteroatoms. The fourth-order valence-corrected chi connectivity index (χ4v) is 1.74. The lowest BCUT2D eigenvalue weighted by Crippen LogP contribution is -2.22. The molecule has 2 aromatic heterocycles. The lowest BCUT2D eigenvalue weighted by molar-refractivity contribution is 0.0955. The van der Waals surface area contributed by atoms with Crippen LogP contribution in [0.1, 0.15) is 23.1 Å². The van der Waals surface area contributed by atoms with E-state index in [1.165, 1.54) is 6.33 Å². The van der Waals surface area contributed by atoms with Gasteiger partial charge in [-0.05, 0) is 19.1 Å². The maximum Gasteiger partial charge on any atom is 0.252 e. The zero-order valence-corrected chi connectivity index (χ0v) is 11.6. The van der Waals surface area contributed by atoms with Crippen molar-refractivity contribution in [3.8, 4) is 0 Å². The Morgan fingerprint density at radius 2 is 2.20 bits per heavy atom. The monoisotopic (exact) mass is 274 g/mol. The third kappa shape index (κ3) is 3.53. The third-order valence-corrected chi connectivity index (χ3v) is 2.82. The SMILES string of the molecule is CCNC(=O)c1ccc(NCCc2ncnn2C)nc1. The highest BCUT2D eigenvalue weighted by Gasteiger charge is 2.04. The smallest absolute Gasteiger partial charge is 0.252 e. The van der Waals surface area contributed by atoms with Gasteiger partial charge in [0.25, 0.3) is 5.91 Å². The first kappa shape index (κ1) is 14.0. The summed E-state index contributed by atoms with van der Waals surface area (Å²) < 4.78 is 1.74. The summed E-state index contributed by atoms with van der Waals surface area (Å²) in [6, 6.07) is 3.55. The number of carbonyl (C=O) groups excluding carboxylic acids is 1. The molecular weight excluding hydrogens is 256 g/mol. The van der Waals surface area contributed by atoms with Gasteiger partial charge in [-0.3, -0.25) is 9.48 Å². The zero-order chi connectivity index (χ0) is 14.4. The molecule has 2 N–H and O–H groups in total. The van der Waals surface area contributed by atoms with Gasteiger partial charge in [-0.2, -0.15) is 5.10 Å². The average Bonchev–Trinajstić information content (AvgIpc) is 2.85. The number of aryl methyl sites for hydroxylation is 1. The number of rotatable bonds is 6. The van der Waals surface area contributed by atoms with E-state index in [2.05, 4.69) is 25.7 Å². The van der Waals surface area contributed by atoms with Crippen molar-refractivity contribution in [1.82, 2.24) is 25.1 Å². The van der Waals surface area contributed by atoms with Crippen molar-refractivity contribution < 1.29 is 4.79 Å². The Labute approximate surface area is 117 Å². The molecule has 0 aliphatic heterocycles. The Bertz CT molecular complexity index is 562. The normalized spacial score (nSPS) is 10.3. The molecule has 2 rings (SSSR count). The Hall–Kier alpha value is -2.44. The predicted octanol–water partition coefficient (Wildman–Crippen LogP) is 0.614. The lowest BCUT2D eigenvalue weighted by atomic mass is 10.2.